The summed E-state index contributed by atoms with van der Waals surface area (Å²) in [6.07, 6.45) is 6.12. The molecule has 1 aromatic carbocycles. The number of rotatable bonds is 5. The summed E-state index contributed by atoms with van der Waals surface area (Å²) < 4.78 is 32.5. The van der Waals surface area contributed by atoms with E-state index >= 15 is 0 Å². The fraction of sp³-hybridized carbons (Fsp3) is 0.562. The van der Waals surface area contributed by atoms with Gasteiger partial charge < -0.3 is 9.53 Å². The lowest BCUT2D eigenvalue weighted by atomic mass is 9.77. The predicted molar refractivity (Wildman–Crippen MR) is 72.9 cm³/mol. The van der Waals surface area contributed by atoms with Gasteiger partial charge in [-0.05, 0) is 55.6 Å². The number of ether oxygens (including phenoxy) is 1. The first-order valence-electron chi connectivity index (χ1n) is 7.12. The molecular formula is C16H20F2O2. The highest BCUT2D eigenvalue weighted by Gasteiger charge is 2.26. The summed E-state index contributed by atoms with van der Waals surface area (Å²) in [5.41, 5.74) is 0.456. The smallest absolute Gasteiger partial charge is 0.200 e. The Labute approximate surface area is 118 Å². The number of halogens is 2. The molecule has 0 spiro atoms. The third-order valence-corrected chi connectivity index (χ3v) is 4.28. The second-order valence-corrected chi connectivity index (χ2v) is 5.45. The first-order valence-corrected chi connectivity index (χ1v) is 7.12. The van der Waals surface area contributed by atoms with Gasteiger partial charge in [0.15, 0.2) is 11.6 Å². The van der Waals surface area contributed by atoms with Crippen molar-refractivity contribution in [1.29, 1.82) is 0 Å². The molecule has 2 rings (SSSR count). The average molecular weight is 282 g/mol. The van der Waals surface area contributed by atoms with Gasteiger partial charge in [-0.2, -0.15) is 4.39 Å². The molecule has 1 aliphatic rings. The Morgan fingerprint density at radius 2 is 1.90 bits per heavy atom. The van der Waals surface area contributed by atoms with Crippen LogP contribution in [0, 0.1) is 17.6 Å². The maximum Gasteiger partial charge on any atom is 0.200 e. The van der Waals surface area contributed by atoms with Gasteiger partial charge in [-0.1, -0.05) is 6.07 Å². The van der Waals surface area contributed by atoms with E-state index in [9.17, 15) is 13.6 Å². The van der Waals surface area contributed by atoms with E-state index in [0.717, 1.165) is 38.4 Å². The summed E-state index contributed by atoms with van der Waals surface area (Å²) in [5, 5.41) is 0. The van der Waals surface area contributed by atoms with Crippen molar-refractivity contribution in [3.8, 4) is 5.75 Å². The van der Waals surface area contributed by atoms with Crippen molar-refractivity contribution in [2.45, 2.75) is 44.4 Å². The van der Waals surface area contributed by atoms with Crippen LogP contribution in [0.25, 0.3) is 0 Å². The zero-order valence-electron chi connectivity index (χ0n) is 11.7. The molecule has 0 aliphatic heterocycles. The van der Waals surface area contributed by atoms with Crippen molar-refractivity contribution in [3.63, 3.8) is 0 Å². The van der Waals surface area contributed by atoms with E-state index in [4.69, 9.17) is 4.74 Å². The van der Waals surface area contributed by atoms with Gasteiger partial charge in [0.2, 0.25) is 5.82 Å². The third-order valence-electron chi connectivity index (χ3n) is 4.28. The Morgan fingerprint density at radius 3 is 2.50 bits per heavy atom. The molecule has 1 aromatic rings. The molecule has 0 bridgehead atoms. The highest BCUT2D eigenvalue weighted by Crippen LogP contribution is 2.39. The van der Waals surface area contributed by atoms with Gasteiger partial charge >= 0.3 is 0 Å². The summed E-state index contributed by atoms with van der Waals surface area (Å²) >= 11 is 0. The number of carbonyl (C=O) groups excluding carboxylic acids is 1. The van der Waals surface area contributed by atoms with Crippen LogP contribution >= 0.6 is 0 Å². The molecule has 1 saturated carbocycles. The molecule has 0 radical (unpaired) electrons. The maximum atomic E-state index is 14.0. The fourth-order valence-corrected chi connectivity index (χ4v) is 3.09. The first-order chi connectivity index (χ1) is 9.67. The van der Waals surface area contributed by atoms with Crippen LogP contribution in [0.15, 0.2) is 12.1 Å². The summed E-state index contributed by atoms with van der Waals surface area (Å²) in [5.74, 6) is -1.11. The monoisotopic (exact) mass is 282 g/mol. The third kappa shape index (κ3) is 3.17. The van der Waals surface area contributed by atoms with Crippen LogP contribution < -0.4 is 4.74 Å². The lowest BCUT2D eigenvalue weighted by molar-refractivity contribution is -0.108. The molecule has 1 fully saturated rings. The van der Waals surface area contributed by atoms with Crippen molar-refractivity contribution in [2.75, 3.05) is 7.11 Å². The minimum absolute atomic E-state index is 0.0501. The highest BCUT2D eigenvalue weighted by molar-refractivity contribution is 5.49. The van der Waals surface area contributed by atoms with E-state index in [1.54, 1.807) is 6.07 Å². The SMILES string of the molecule is COc1ccc(C2CCC(CCC=O)CC2)c(F)c1F. The Balaban J connectivity index is 2.03. The van der Waals surface area contributed by atoms with Crippen LogP contribution in [-0.2, 0) is 4.79 Å². The van der Waals surface area contributed by atoms with E-state index in [2.05, 4.69) is 0 Å². The largest absolute Gasteiger partial charge is 0.494 e. The van der Waals surface area contributed by atoms with Gasteiger partial charge in [0.1, 0.15) is 6.29 Å². The minimum Gasteiger partial charge on any atom is -0.494 e. The second kappa shape index (κ2) is 6.82. The first kappa shape index (κ1) is 14.9. The molecule has 1 aliphatic carbocycles. The second-order valence-electron chi connectivity index (χ2n) is 5.45. The van der Waals surface area contributed by atoms with Gasteiger partial charge in [0.05, 0.1) is 7.11 Å². The van der Waals surface area contributed by atoms with Crippen molar-refractivity contribution in [2.24, 2.45) is 5.92 Å². The molecule has 0 atom stereocenters. The number of methoxy groups -OCH3 is 1. The summed E-state index contributed by atoms with van der Waals surface area (Å²) in [7, 11) is 1.33. The molecule has 2 nitrogen and oxygen atoms in total. The summed E-state index contributed by atoms with van der Waals surface area (Å²) in [4.78, 5) is 10.4. The fourth-order valence-electron chi connectivity index (χ4n) is 3.09. The van der Waals surface area contributed by atoms with E-state index in [1.807, 2.05) is 0 Å². The van der Waals surface area contributed by atoms with Gasteiger partial charge in [-0.15, -0.1) is 0 Å². The normalized spacial score (nSPS) is 22.6. The van der Waals surface area contributed by atoms with E-state index in [-0.39, 0.29) is 11.7 Å². The lowest BCUT2D eigenvalue weighted by Crippen LogP contribution is -2.15. The lowest BCUT2D eigenvalue weighted by Gasteiger charge is -2.28. The molecule has 0 amide bonds. The molecule has 0 unspecified atom stereocenters. The van der Waals surface area contributed by atoms with Gasteiger partial charge in [0, 0.05) is 6.42 Å². The van der Waals surface area contributed by atoms with Crippen molar-refractivity contribution < 1.29 is 18.3 Å². The Morgan fingerprint density at radius 1 is 1.20 bits per heavy atom. The molecule has 0 N–H and O–H groups in total. The molecule has 0 saturated heterocycles. The minimum atomic E-state index is -0.895. The van der Waals surface area contributed by atoms with Gasteiger partial charge in [0.25, 0.3) is 0 Å². The van der Waals surface area contributed by atoms with Crippen molar-refractivity contribution in [3.05, 3.63) is 29.3 Å². The quantitative estimate of drug-likeness (QED) is 0.756. The van der Waals surface area contributed by atoms with Crippen molar-refractivity contribution >= 4 is 6.29 Å². The summed E-state index contributed by atoms with van der Waals surface area (Å²) in [6.45, 7) is 0. The molecular weight excluding hydrogens is 262 g/mol. The Hall–Kier alpha value is -1.45. The Kier molecular flexibility index (Phi) is 5.10. The summed E-state index contributed by atoms with van der Waals surface area (Å²) in [6, 6.07) is 3.12. The topological polar surface area (TPSA) is 26.3 Å². The van der Waals surface area contributed by atoms with Crippen LogP contribution in [0.3, 0.4) is 0 Å². The van der Waals surface area contributed by atoms with E-state index in [1.165, 1.54) is 13.2 Å². The van der Waals surface area contributed by atoms with Gasteiger partial charge in [-0.25, -0.2) is 4.39 Å². The zero-order chi connectivity index (χ0) is 14.5. The van der Waals surface area contributed by atoms with Crippen LogP contribution in [-0.4, -0.2) is 13.4 Å². The van der Waals surface area contributed by atoms with Crippen LogP contribution in [0.2, 0.25) is 0 Å². The van der Waals surface area contributed by atoms with Crippen LogP contribution in [0.4, 0.5) is 8.78 Å². The number of benzene rings is 1. The number of hydrogen-bond acceptors (Lipinski definition) is 2. The number of hydrogen-bond donors (Lipinski definition) is 0. The number of aldehydes is 1. The molecule has 20 heavy (non-hydrogen) atoms. The molecule has 4 heteroatoms. The molecule has 0 heterocycles. The zero-order valence-corrected chi connectivity index (χ0v) is 11.7. The highest BCUT2D eigenvalue weighted by atomic mass is 19.2. The molecule has 110 valence electrons. The van der Waals surface area contributed by atoms with Crippen LogP contribution in [0.5, 0.6) is 5.75 Å². The Bertz CT molecular complexity index is 466. The standard InChI is InChI=1S/C16H20F2O2/c1-20-14-9-8-13(15(17)16(14)18)12-6-4-11(5-7-12)3-2-10-19/h8-12H,2-7H2,1H3. The number of carbonyl (C=O) groups is 1. The predicted octanol–water partition coefficient (Wildman–Crippen LogP) is 4.23. The van der Waals surface area contributed by atoms with Gasteiger partial charge in [-0.3, -0.25) is 0 Å². The van der Waals surface area contributed by atoms with E-state index in [0.29, 0.717) is 17.9 Å². The van der Waals surface area contributed by atoms with Crippen LogP contribution in [0.1, 0.15) is 50.0 Å². The van der Waals surface area contributed by atoms with Crippen molar-refractivity contribution in [1.82, 2.24) is 0 Å². The van der Waals surface area contributed by atoms with E-state index < -0.39 is 11.6 Å². The maximum absolute atomic E-state index is 14.0. The molecule has 0 aromatic heterocycles. The average Bonchev–Trinajstić information content (AvgIpc) is 2.48.